The minimum Gasteiger partial charge on any atom is -0.354 e. The van der Waals surface area contributed by atoms with Crippen LogP contribution in [0, 0.1) is 0 Å². The Morgan fingerprint density at radius 3 is 0.773 bits per heavy atom. The van der Waals surface area contributed by atoms with Gasteiger partial charge < -0.3 is 9.97 Å². The Labute approximate surface area is 389 Å². The van der Waals surface area contributed by atoms with Crippen LogP contribution in [0.1, 0.15) is 22.8 Å². The molecule has 8 bridgehead atoms. The van der Waals surface area contributed by atoms with E-state index in [4.69, 9.17) is 9.97 Å². The number of halogens is 2. The van der Waals surface area contributed by atoms with Crippen LogP contribution in [0.25, 0.3) is 90.9 Å². The molecule has 0 fully saturated rings. The molecule has 22 heteroatoms. The summed E-state index contributed by atoms with van der Waals surface area (Å²) in [5.74, 6) is 0. The maximum atomic E-state index is 12.0. The van der Waals surface area contributed by atoms with Gasteiger partial charge in [-0.25, -0.2) is 9.97 Å². The van der Waals surface area contributed by atoms with Crippen molar-refractivity contribution in [2.75, 3.05) is 0 Å². The van der Waals surface area contributed by atoms with Crippen LogP contribution in [0.2, 0.25) is 0 Å². The molecule has 338 valence electrons. The Hall–Kier alpha value is -6.30. The van der Waals surface area contributed by atoms with Crippen LogP contribution in [-0.2, 0) is 40.5 Å². The van der Waals surface area contributed by atoms with E-state index in [1.807, 2.05) is 0 Å². The molecule has 2 aliphatic heterocycles. The molecular weight excluding hydrogens is 976 g/mol. The second-order valence-corrected chi connectivity index (χ2v) is 20.2. The molecule has 0 radical (unpaired) electrons. The van der Waals surface area contributed by atoms with Crippen LogP contribution in [0.4, 0.5) is 0 Å². The molecule has 0 saturated heterocycles. The molecule has 9 rings (SSSR count). The van der Waals surface area contributed by atoms with E-state index >= 15 is 0 Å². The maximum Gasteiger partial charge on any atom is 0.294 e. The number of aromatic nitrogens is 4. The Morgan fingerprint density at radius 1 is 0.303 bits per heavy atom. The first-order chi connectivity index (χ1) is 30.2. The summed E-state index contributed by atoms with van der Waals surface area (Å²) in [7, 11) is -18.2. The highest BCUT2D eigenvalue weighted by atomic mass is 35.5. The van der Waals surface area contributed by atoms with Gasteiger partial charge in [0.15, 0.2) is 0 Å². The summed E-state index contributed by atoms with van der Waals surface area (Å²) in [6.45, 7) is 0. The summed E-state index contributed by atoms with van der Waals surface area (Å²) >= 11 is 0. The van der Waals surface area contributed by atoms with Gasteiger partial charge in [0.25, 0.3) is 40.5 Å². The largest absolute Gasteiger partial charge is 0.354 e. The lowest BCUT2D eigenvalue weighted by Crippen LogP contribution is -1.98. The zero-order chi connectivity index (χ0) is 45.3. The third-order valence-electron chi connectivity index (χ3n) is 10.5. The van der Waals surface area contributed by atoms with Gasteiger partial charge in [0, 0.05) is 44.3 Å². The summed E-state index contributed by atoms with van der Waals surface area (Å²) in [5, 5.41) is 0. The van der Waals surface area contributed by atoms with Gasteiger partial charge in [-0.1, -0.05) is 48.5 Å². The van der Waals surface area contributed by atoms with E-state index in [2.05, 4.69) is 9.97 Å². The Balaban J connectivity index is 0.00000324. The summed E-state index contributed by atoms with van der Waals surface area (Å²) in [4.78, 5) is 15.6. The SMILES string of the molecule is Cl.Cl.O=S(=O)(O)c1ccc(-c2c3nc(c(-c4ccc(S(=O)(=O)O)cc4)c4ccc([nH]4)c(-c4ccc(S(=O)(=O)O)cc4)c4ccc([nH]4)c(-c4ccc(S(=O)(=O)O)cc4)c4nc2C=C4)C=C3)cc1. The van der Waals surface area contributed by atoms with E-state index in [1.165, 1.54) is 97.1 Å². The van der Waals surface area contributed by atoms with E-state index < -0.39 is 40.5 Å². The quantitative estimate of drug-likeness (QED) is 0.0775. The number of benzene rings is 4. The summed E-state index contributed by atoms with van der Waals surface area (Å²) in [5.41, 5.74) is 7.41. The summed E-state index contributed by atoms with van der Waals surface area (Å²) in [6, 6.07) is 29.1. The molecule has 0 unspecified atom stereocenters. The van der Waals surface area contributed by atoms with Crippen molar-refractivity contribution in [2.45, 2.75) is 19.6 Å². The first-order valence-corrected chi connectivity index (χ1v) is 24.5. The average Bonchev–Trinajstić information content (AvgIpc) is 4.08. The second-order valence-electron chi connectivity index (χ2n) is 14.5. The Kier molecular flexibility index (Phi) is 12.6. The fourth-order valence-electron chi connectivity index (χ4n) is 7.59. The van der Waals surface area contributed by atoms with E-state index in [0.717, 1.165) is 0 Å². The zero-order valence-electron chi connectivity index (χ0n) is 33.3. The predicted molar refractivity (Wildman–Crippen MR) is 254 cm³/mol. The number of nitrogens with one attached hydrogen (secondary N) is 2. The highest BCUT2D eigenvalue weighted by molar-refractivity contribution is 7.86. The molecule has 2 aliphatic rings. The minimum absolute atomic E-state index is 0. The normalized spacial score (nSPS) is 12.7. The van der Waals surface area contributed by atoms with Crippen molar-refractivity contribution in [3.05, 3.63) is 144 Å². The number of nitrogens with zero attached hydrogens (tertiary/aromatic N) is 2. The molecule has 66 heavy (non-hydrogen) atoms. The standard InChI is InChI=1S/C44H30N4O12S4.2ClH/c49-61(50,51)29-9-1-25(2-10-29)41-33-17-19-35(45-33)42(26-3-11-30(12-4-26)62(52,53)54)37-21-23-39(47-37)44(28-7-15-32(16-8-28)64(58,59)60)40-24-22-38(48-40)43(36-20-18-34(41)46-36)27-5-13-31(14-6-27)63(55,56)57;;/h1-24,45-46H,(H,49,50,51)(H,52,53,54)(H,55,56,57)(H,58,59,60);2*1H. The second kappa shape index (κ2) is 17.5. The maximum absolute atomic E-state index is 12.0. The van der Waals surface area contributed by atoms with Crippen molar-refractivity contribution in [1.82, 2.24) is 19.9 Å². The molecule has 4 aromatic carbocycles. The van der Waals surface area contributed by atoms with Crippen molar-refractivity contribution in [1.29, 1.82) is 0 Å². The highest BCUT2D eigenvalue weighted by Gasteiger charge is 2.22. The van der Waals surface area contributed by atoms with Gasteiger partial charge in [0.05, 0.1) is 42.4 Å². The molecule has 0 aliphatic carbocycles. The van der Waals surface area contributed by atoms with E-state index in [0.29, 0.717) is 89.4 Å². The fraction of sp³-hybridized carbons (Fsp3) is 0. The van der Waals surface area contributed by atoms with Gasteiger partial charge in [0.2, 0.25) is 0 Å². The van der Waals surface area contributed by atoms with Crippen LogP contribution in [0.3, 0.4) is 0 Å². The van der Waals surface area contributed by atoms with Gasteiger partial charge in [-0.3, -0.25) is 18.2 Å². The first kappa shape index (κ1) is 47.7. The molecule has 0 atom stereocenters. The van der Waals surface area contributed by atoms with Crippen LogP contribution >= 0.6 is 24.8 Å². The van der Waals surface area contributed by atoms with Crippen LogP contribution in [0.5, 0.6) is 0 Å². The van der Waals surface area contributed by atoms with Crippen LogP contribution < -0.4 is 0 Å². The van der Waals surface area contributed by atoms with Gasteiger partial charge in [0.1, 0.15) is 0 Å². The molecule has 16 nitrogen and oxygen atoms in total. The molecule has 0 spiro atoms. The monoisotopic (exact) mass is 1010 g/mol. The highest BCUT2D eigenvalue weighted by Crippen LogP contribution is 2.39. The van der Waals surface area contributed by atoms with Gasteiger partial charge in [-0.15, -0.1) is 24.8 Å². The number of hydrogen-bond acceptors (Lipinski definition) is 10. The number of aromatic amines is 2. The molecule has 6 N–H and O–H groups in total. The third kappa shape index (κ3) is 9.24. The van der Waals surface area contributed by atoms with Gasteiger partial charge in [-0.05, 0) is 119 Å². The number of H-pyrrole nitrogens is 2. The topological polar surface area (TPSA) is 275 Å². The lowest BCUT2D eigenvalue weighted by molar-refractivity contribution is 0.481. The lowest BCUT2D eigenvalue weighted by Gasteiger charge is -2.08. The van der Waals surface area contributed by atoms with E-state index in [1.54, 1.807) is 48.6 Å². The van der Waals surface area contributed by atoms with Crippen LogP contribution in [0.15, 0.2) is 141 Å². The molecule has 0 saturated carbocycles. The predicted octanol–water partition coefficient (Wildman–Crippen LogP) is 9.15. The van der Waals surface area contributed by atoms with E-state index in [-0.39, 0.29) is 44.4 Å². The first-order valence-electron chi connectivity index (χ1n) is 18.7. The number of hydrogen-bond donors (Lipinski definition) is 6. The zero-order valence-corrected chi connectivity index (χ0v) is 38.2. The molecule has 7 aromatic rings. The Morgan fingerprint density at radius 2 is 0.515 bits per heavy atom. The van der Waals surface area contributed by atoms with E-state index in [9.17, 15) is 51.9 Å². The number of fused-ring (bicyclic) bond motifs is 8. The van der Waals surface area contributed by atoms with Gasteiger partial charge >= 0.3 is 0 Å². The summed E-state index contributed by atoms with van der Waals surface area (Å²) < 4.78 is 135. The van der Waals surface area contributed by atoms with Crippen molar-refractivity contribution >= 4 is 112 Å². The summed E-state index contributed by atoms with van der Waals surface area (Å²) in [6.07, 6.45) is 6.88. The third-order valence-corrected chi connectivity index (χ3v) is 14.0. The van der Waals surface area contributed by atoms with Crippen molar-refractivity contribution < 1.29 is 51.9 Å². The molecule has 5 heterocycles. The lowest BCUT2D eigenvalue weighted by atomic mass is 10.0. The minimum atomic E-state index is -4.55. The molecular formula is C44H32Cl2N4O12S4. The van der Waals surface area contributed by atoms with Crippen molar-refractivity contribution in [3.63, 3.8) is 0 Å². The average molecular weight is 1010 g/mol. The molecule has 3 aromatic heterocycles. The molecule has 0 amide bonds. The van der Waals surface area contributed by atoms with Crippen molar-refractivity contribution in [3.8, 4) is 44.5 Å². The Bertz CT molecular complexity index is 3630. The number of rotatable bonds is 8. The van der Waals surface area contributed by atoms with Crippen molar-refractivity contribution in [2.24, 2.45) is 0 Å². The smallest absolute Gasteiger partial charge is 0.294 e. The fourth-order valence-corrected chi connectivity index (χ4v) is 9.51. The van der Waals surface area contributed by atoms with Gasteiger partial charge in [-0.2, -0.15) is 33.7 Å². The van der Waals surface area contributed by atoms with Crippen LogP contribution in [-0.4, -0.2) is 71.8 Å².